The van der Waals surface area contributed by atoms with Crippen LogP contribution in [0.1, 0.15) is 17.3 Å². The number of Topliss-reactive ketones (excluding diaryl/α,β-unsaturated/α-hetero) is 1. The predicted octanol–water partition coefficient (Wildman–Crippen LogP) is 1.65. The van der Waals surface area contributed by atoms with Gasteiger partial charge in [-0.2, -0.15) is 0 Å². The lowest BCUT2D eigenvalue weighted by molar-refractivity contribution is 0.0991. The summed E-state index contributed by atoms with van der Waals surface area (Å²) < 4.78 is 23.0. The molecule has 1 aromatic carbocycles. The van der Waals surface area contributed by atoms with Crippen LogP contribution in [-0.4, -0.2) is 25.7 Å². The summed E-state index contributed by atoms with van der Waals surface area (Å²) in [6, 6.07) is 4.65. The summed E-state index contributed by atoms with van der Waals surface area (Å²) in [5.74, 6) is -0.436. The van der Waals surface area contributed by atoms with Crippen molar-refractivity contribution in [1.29, 1.82) is 0 Å². The van der Waals surface area contributed by atoms with Crippen LogP contribution >= 0.6 is 15.9 Å². The molecule has 1 atom stereocenters. The summed E-state index contributed by atoms with van der Waals surface area (Å²) in [6.07, 6.45) is 1.04. The quantitative estimate of drug-likeness (QED) is 0.680. The minimum Gasteiger partial charge on any atom is -0.399 e. The summed E-state index contributed by atoms with van der Waals surface area (Å²) in [6.45, 7) is 1.38. The van der Waals surface area contributed by atoms with Gasteiger partial charge in [0.05, 0.1) is 0 Å². The fraction of sp³-hybridized carbons (Fsp3) is 0.300. The van der Waals surface area contributed by atoms with E-state index in [2.05, 4.69) is 15.9 Å². The minimum absolute atomic E-state index is 0.326. The average Bonchev–Trinajstić information content (AvgIpc) is 2.14. The summed E-state index contributed by atoms with van der Waals surface area (Å²) in [5, 5.41) is -1.05. The maximum absolute atomic E-state index is 11.9. The van der Waals surface area contributed by atoms with Crippen LogP contribution in [-0.2, 0) is 9.84 Å². The van der Waals surface area contributed by atoms with Crippen molar-refractivity contribution in [3.8, 4) is 0 Å². The van der Waals surface area contributed by atoms with Gasteiger partial charge in [-0.25, -0.2) is 8.42 Å². The molecule has 6 heteroatoms. The number of nitrogens with two attached hydrogens (primary N) is 1. The second kappa shape index (κ2) is 4.55. The first kappa shape index (κ1) is 13.2. The Morgan fingerprint density at radius 2 is 2.00 bits per heavy atom. The van der Waals surface area contributed by atoms with Gasteiger partial charge in [-0.05, 0) is 41.1 Å². The van der Waals surface area contributed by atoms with Gasteiger partial charge in [0, 0.05) is 22.0 Å². The van der Waals surface area contributed by atoms with Crippen molar-refractivity contribution >= 4 is 37.2 Å². The Bertz CT molecular complexity index is 525. The lowest BCUT2D eigenvalue weighted by Crippen LogP contribution is -2.26. The van der Waals surface area contributed by atoms with Gasteiger partial charge in [0.15, 0.2) is 15.6 Å². The molecule has 0 fully saturated rings. The van der Waals surface area contributed by atoms with E-state index in [-0.39, 0.29) is 0 Å². The van der Waals surface area contributed by atoms with Crippen LogP contribution in [0.5, 0.6) is 0 Å². The topological polar surface area (TPSA) is 77.2 Å². The molecule has 1 unspecified atom stereocenters. The molecule has 0 spiro atoms. The molecule has 0 amide bonds. The molecule has 1 aromatic rings. The zero-order valence-electron chi connectivity index (χ0n) is 8.90. The molecule has 1 rings (SSSR count). The molecule has 0 heterocycles. The van der Waals surface area contributed by atoms with E-state index in [1.807, 2.05) is 0 Å². The number of nitrogen functional groups attached to an aromatic ring is 1. The van der Waals surface area contributed by atoms with E-state index in [4.69, 9.17) is 5.73 Å². The van der Waals surface area contributed by atoms with Crippen molar-refractivity contribution in [3.05, 3.63) is 28.2 Å². The Morgan fingerprint density at radius 3 is 2.44 bits per heavy atom. The third kappa shape index (κ3) is 2.82. The fourth-order valence-electron chi connectivity index (χ4n) is 1.14. The number of benzene rings is 1. The van der Waals surface area contributed by atoms with E-state index in [0.29, 0.717) is 15.7 Å². The Kier molecular flexibility index (Phi) is 3.75. The van der Waals surface area contributed by atoms with E-state index < -0.39 is 20.9 Å². The number of hydrogen-bond donors (Lipinski definition) is 1. The van der Waals surface area contributed by atoms with Crippen LogP contribution in [0.4, 0.5) is 5.69 Å². The fourth-order valence-corrected chi connectivity index (χ4v) is 2.25. The molecule has 0 aliphatic rings. The van der Waals surface area contributed by atoms with Crippen molar-refractivity contribution in [2.75, 3.05) is 12.0 Å². The highest BCUT2D eigenvalue weighted by molar-refractivity contribution is 9.10. The monoisotopic (exact) mass is 305 g/mol. The van der Waals surface area contributed by atoms with Crippen LogP contribution in [0.2, 0.25) is 0 Å². The maximum atomic E-state index is 11.9. The number of anilines is 1. The normalized spacial score (nSPS) is 13.4. The maximum Gasteiger partial charge on any atom is 0.181 e. The molecule has 0 aliphatic heterocycles. The lowest BCUT2D eigenvalue weighted by atomic mass is 10.1. The van der Waals surface area contributed by atoms with Gasteiger partial charge in [-0.3, -0.25) is 4.79 Å². The molecule has 2 N–H and O–H groups in total. The third-order valence-corrected chi connectivity index (χ3v) is 4.42. The molecule has 0 radical (unpaired) electrons. The van der Waals surface area contributed by atoms with Crippen molar-refractivity contribution in [3.63, 3.8) is 0 Å². The minimum atomic E-state index is -3.38. The van der Waals surface area contributed by atoms with Gasteiger partial charge in [0.2, 0.25) is 0 Å². The second-order valence-corrected chi connectivity index (χ2v) is 6.80. The smallest absolute Gasteiger partial charge is 0.181 e. The standard InChI is InChI=1S/C10H12BrNO3S/c1-6(16(2,14)15)10(13)8-4-3-7(12)5-9(8)11/h3-6H,12H2,1-2H3. The molecule has 0 aliphatic carbocycles. The number of carbonyl (C=O) groups is 1. The molecule has 0 bridgehead atoms. The van der Waals surface area contributed by atoms with Gasteiger partial charge in [0.1, 0.15) is 5.25 Å². The summed E-state index contributed by atoms with van der Waals surface area (Å²) in [5.41, 5.74) is 6.37. The molecule has 88 valence electrons. The summed E-state index contributed by atoms with van der Waals surface area (Å²) in [4.78, 5) is 11.9. The summed E-state index contributed by atoms with van der Waals surface area (Å²) in [7, 11) is -3.38. The van der Waals surface area contributed by atoms with Crippen LogP contribution in [0.25, 0.3) is 0 Å². The van der Waals surface area contributed by atoms with Crippen LogP contribution in [0.15, 0.2) is 22.7 Å². The Balaban J connectivity index is 3.16. The van der Waals surface area contributed by atoms with Gasteiger partial charge in [-0.15, -0.1) is 0 Å². The van der Waals surface area contributed by atoms with Gasteiger partial charge >= 0.3 is 0 Å². The van der Waals surface area contributed by atoms with Crippen molar-refractivity contribution < 1.29 is 13.2 Å². The van der Waals surface area contributed by atoms with E-state index >= 15 is 0 Å². The van der Waals surface area contributed by atoms with E-state index in [9.17, 15) is 13.2 Å². The number of hydrogen-bond acceptors (Lipinski definition) is 4. The Morgan fingerprint density at radius 1 is 1.44 bits per heavy atom. The summed E-state index contributed by atoms with van der Waals surface area (Å²) >= 11 is 3.19. The SMILES string of the molecule is CC(C(=O)c1ccc(N)cc1Br)S(C)(=O)=O. The molecular weight excluding hydrogens is 294 g/mol. The first-order valence-electron chi connectivity index (χ1n) is 4.51. The van der Waals surface area contributed by atoms with Gasteiger partial charge in [-0.1, -0.05) is 0 Å². The average molecular weight is 306 g/mol. The highest BCUT2D eigenvalue weighted by Gasteiger charge is 2.26. The van der Waals surface area contributed by atoms with Gasteiger partial charge < -0.3 is 5.73 Å². The van der Waals surface area contributed by atoms with E-state index in [1.165, 1.54) is 13.0 Å². The Hall–Kier alpha value is -0.880. The molecule has 4 nitrogen and oxygen atoms in total. The van der Waals surface area contributed by atoms with E-state index in [0.717, 1.165) is 6.26 Å². The highest BCUT2D eigenvalue weighted by Crippen LogP contribution is 2.22. The Labute approximate surface area is 103 Å². The first-order chi connectivity index (χ1) is 7.23. The molecule has 0 saturated carbocycles. The second-order valence-electron chi connectivity index (χ2n) is 3.58. The highest BCUT2D eigenvalue weighted by atomic mass is 79.9. The number of rotatable bonds is 3. The van der Waals surface area contributed by atoms with Gasteiger partial charge in [0.25, 0.3) is 0 Å². The van der Waals surface area contributed by atoms with Crippen LogP contribution in [0, 0.1) is 0 Å². The molecular formula is C10H12BrNO3S. The predicted molar refractivity (Wildman–Crippen MR) is 67.2 cm³/mol. The van der Waals surface area contributed by atoms with E-state index in [1.54, 1.807) is 12.1 Å². The van der Waals surface area contributed by atoms with Crippen LogP contribution < -0.4 is 5.73 Å². The van der Waals surface area contributed by atoms with Crippen LogP contribution in [0.3, 0.4) is 0 Å². The first-order valence-corrected chi connectivity index (χ1v) is 7.26. The molecule has 0 saturated heterocycles. The van der Waals surface area contributed by atoms with Crippen molar-refractivity contribution in [1.82, 2.24) is 0 Å². The zero-order chi connectivity index (χ0) is 12.5. The molecule has 16 heavy (non-hydrogen) atoms. The molecule has 0 aromatic heterocycles. The number of carbonyl (C=O) groups excluding carboxylic acids is 1. The zero-order valence-corrected chi connectivity index (χ0v) is 11.3. The van der Waals surface area contributed by atoms with Crippen molar-refractivity contribution in [2.24, 2.45) is 0 Å². The third-order valence-electron chi connectivity index (χ3n) is 2.27. The number of halogens is 1. The number of sulfone groups is 1. The van der Waals surface area contributed by atoms with Crippen molar-refractivity contribution in [2.45, 2.75) is 12.2 Å². The lowest BCUT2D eigenvalue weighted by Gasteiger charge is -2.10. The number of ketones is 1. The largest absolute Gasteiger partial charge is 0.399 e.